The van der Waals surface area contributed by atoms with Crippen LogP contribution in [0.25, 0.3) is 0 Å². The molecule has 4 heteroatoms. The third-order valence-electron chi connectivity index (χ3n) is 2.90. The molecule has 0 aromatic heterocycles. The Hall–Kier alpha value is -1.03. The molecule has 0 spiro atoms. The Morgan fingerprint density at radius 3 is 2.69 bits per heavy atom. The molecule has 0 aliphatic carbocycles. The van der Waals surface area contributed by atoms with Crippen molar-refractivity contribution in [2.24, 2.45) is 0 Å². The van der Waals surface area contributed by atoms with E-state index in [1.807, 2.05) is 6.07 Å². The first-order chi connectivity index (χ1) is 7.70. The van der Waals surface area contributed by atoms with E-state index in [0.717, 1.165) is 30.4 Å². The highest BCUT2D eigenvalue weighted by Crippen LogP contribution is 2.20. The van der Waals surface area contributed by atoms with Gasteiger partial charge >= 0.3 is 6.09 Å². The van der Waals surface area contributed by atoms with Gasteiger partial charge in [0.2, 0.25) is 0 Å². The molecule has 0 saturated carbocycles. The summed E-state index contributed by atoms with van der Waals surface area (Å²) in [5.74, 6) is 0. The lowest BCUT2D eigenvalue weighted by Gasteiger charge is -2.17. The summed E-state index contributed by atoms with van der Waals surface area (Å²) in [5, 5.41) is 0. The Morgan fingerprint density at radius 1 is 1.31 bits per heavy atom. The number of carbonyl (C=O) groups is 1. The lowest BCUT2D eigenvalue weighted by atomic mass is 10.0. The van der Waals surface area contributed by atoms with Gasteiger partial charge in [-0.2, -0.15) is 0 Å². The summed E-state index contributed by atoms with van der Waals surface area (Å²) in [6, 6.07) is 6.31. The predicted octanol–water partition coefficient (Wildman–Crippen LogP) is 2.62. The van der Waals surface area contributed by atoms with Gasteiger partial charge in [0.05, 0.1) is 7.11 Å². The van der Waals surface area contributed by atoms with E-state index < -0.39 is 0 Å². The number of benzene rings is 1. The number of hydrogen-bond donors (Lipinski definition) is 0. The van der Waals surface area contributed by atoms with Crippen molar-refractivity contribution < 1.29 is 9.53 Å². The average molecular weight is 284 g/mol. The maximum absolute atomic E-state index is 11.4. The van der Waals surface area contributed by atoms with Crippen LogP contribution < -0.4 is 0 Å². The molecule has 86 valence electrons. The van der Waals surface area contributed by atoms with Gasteiger partial charge in [-0.25, -0.2) is 4.79 Å². The van der Waals surface area contributed by atoms with Gasteiger partial charge in [-0.1, -0.05) is 22.0 Å². The van der Waals surface area contributed by atoms with Gasteiger partial charge in [-0.3, -0.25) is 0 Å². The standard InChI is InChI=1S/C12H14BrNO2/c1-16-12(15)14-6-4-9-2-3-11(13)8-10(9)5-7-14/h2-3,8H,4-7H2,1H3. The molecular formula is C12H14BrNO2. The molecule has 1 aromatic carbocycles. The van der Waals surface area contributed by atoms with Gasteiger partial charge in [0.1, 0.15) is 0 Å². The summed E-state index contributed by atoms with van der Waals surface area (Å²) >= 11 is 3.47. The first-order valence-corrected chi connectivity index (χ1v) is 6.10. The molecule has 1 amide bonds. The molecule has 0 saturated heterocycles. The van der Waals surface area contributed by atoms with Gasteiger partial charge < -0.3 is 9.64 Å². The van der Waals surface area contributed by atoms with E-state index in [1.54, 1.807) is 4.90 Å². The van der Waals surface area contributed by atoms with E-state index in [4.69, 9.17) is 4.74 Å². The highest BCUT2D eigenvalue weighted by molar-refractivity contribution is 9.10. The second-order valence-electron chi connectivity index (χ2n) is 3.87. The number of ether oxygens (including phenoxy) is 1. The second kappa shape index (κ2) is 4.87. The molecule has 1 aliphatic rings. The van der Waals surface area contributed by atoms with Crippen molar-refractivity contribution in [3.8, 4) is 0 Å². The minimum atomic E-state index is -0.230. The Bertz CT molecular complexity index is 406. The molecule has 0 fully saturated rings. The van der Waals surface area contributed by atoms with Gasteiger partial charge in [0.25, 0.3) is 0 Å². The molecule has 3 nitrogen and oxygen atoms in total. The summed E-state index contributed by atoms with van der Waals surface area (Å²) in [4.78, 5) is 13.2. The summed E-state index contributed by atoms with van der Waals surface area (Å²) in [7, 11) is 1.43. The van der Waals surface area contributed by atoms with E-state index in [2.05, 4.69) is 28.1 Å². The zero-order chi connectivity index (χ0) is 11.5. The van der Waals surface area contributed by atoms with Crippen LogP contribution in [0.1, 0.15) is 11.1 Å². The summed E-state index contributed by atoms with van der Waals surface area (Å²) in [6.45, 7) is 1.47. The van der Waals surface area contributed by atoms with E-state index in [1.165, 1.54) is 18.2 Å². The monoisotopic (exact) mass is 283 g/mol. The Labute approximate surface area is 104 Å². The smallest absolute Gasteiger partial charge is 0.409 e. The van der Waals surface area contributed by atoms with Crippen LogP contribution in [0, 0.1) is 0 Å². The number of hydrogen-bond acceptors (Lipinski definition) is 2. The molecule has 16 heavy (non-hydrogen) atoms. The zero-order valence-corrected chi connectivity index (χ0v) is 10.8. The topological polar surface area (TPSA) is 29.5 Å². The van der Waals surface area contributed by atoms with Crippen molar-refractivity contribution in [1.82, 2.24) is 4.90 Å². The number of methoxy groups -OCH3 is 1. The van der Waals surface area contributed by atoms with Gasteiger partial charge in [-0.05, 0) is 36.1 Å². The fourth-order valence-electron chi connectivity index (χ4n) is 2.01. The third-order valence-corrected chi connectivity index (χ3v) is 3.40. The molecule has 1 aromatic rings. The molecular weight excluding hydrogens is 270 g/mol. The number of halogens is 1. The van der Waals surface area contributed by atoms with Gasteiger partial charge in [0.15, 0.2) is 0 Å². The maximum Gasteiger partial charge on any atom is 0.409 e. The van der Waals surface area contributed by atoms with E-state index in [0.29, 0.717) is 0 Å². The third kappa shape index (κ3) is 2.38. The molecule has 0 bridgehead atoms. The summed E-state index contributed by atoms with van der Waals surface area (Å²) < 4.78 is 5.84. The first kappa shape index (κ1) is 11.5. The van der Waals surface area contributed by atoms with Gasteiger partial charge in [0, 0.05) is 17.6 Å². The number of nitrogens with zero attached hydrogens (tertiary/aromatic N) is 1. The van der Waals surface area contributed by atoms with Crippen LogP contribution in [0.3, 0.4) is 0 Å². The molecule has 1 aliphatic heterocycles. The highest BCUT2D eigenvalue weighted by Gasteiger charge is 2.18. The van der Waals surface area contributed by atoms with Crippen LogP contribution in [0.2, 0.25) is 0 Å². The minimum absolute atomic E-state index is 0.230. The highest BCUT2D eigenvalue weighted by atomic mass is 79.9. The van der Waals surface area contributed by atoms with Crippen molar-refractivity contribution in [1.29, 1.82) is 0 Å². The quantitative estimate of drug-likeness (QED) is 0.733. The van der Waals surface area contributed by atoms with E-state index in [9.17, 15) is 4.79 Å². The first-order valence-electron chi connectivity index (χ1n) is 5.31. The Morgan fingerprint density at radius 2 is 2.00 bits per heavy atom. The lowest BCUT2D eigenvalue weighted by Crippen LogP contribution is -2.33. The van der Waals surface area contributed by atoms with Crippen molar-refractivity contribution in [2.45, 2.75) is 12.8 Å². The van der Waals surface area contributed by atoms with Crippen LogP contribution in [0.15, 0.2) is 22.7 Å². The van der Waals surface area contributed by atoms with Crippen molar-refractivity contribution in [3.63, 3.8) is 0 Å². The normalized spacial score (nSPS) is 15.2. The number of carbonyl (C=O) groups excluding carboxylic acids is 1. The maximum atomic E-state index is 11.4. The van der Waals surface area contributed by atoms with Crippen LogP contribution in [-0.2, 0) is 17.6 Å². The summed E-state index contributed by atoms with van der Waals surface area (Å²) in [5.41, 5.74) is 2.65. The van der Waals surface area contributed by atoms with Crippen molar-refractivity contribution >= 4 is 22.0 Å². The number of rotatable bonds is 0. The molecule has 0 N–H and O–H groups in total. The fourth-order valence-corrected chi connectivity index (χ4v) is 2.41. The van der Waals surface area contributed by atoms with E-state index >= 15 is 0 Å². The van der Waals surface area contributed by atoms with Gasteiger partial charge in [-0.15, -0.1) is 0 Å². The lowest BCUT2D eigenvalue weighted by molar-refractivity contribution is 0.125. The molecule has 0 unspecified atom stereocenters. The largest absolute Gasteiger partial charge is 0.453 e. The SMILES string of the molecule is COC(=O)N1CCc2ccc(Br)cc2CC1. The Kier molecular flexibility index (Phi) is 3.49. The Balaban J connectivity index is 2.15. The zero-order valence-electron chi connectivity index (χ0n) is 9.20. The second-order valence-corrected chi connectivity index (χ2v) is 4.79. The van der Waals surface area contributed by atoms with Crippen LogP contribution in [0.5, 0.6) is 0 Å². The molecule has 1 heterocycles. The fraction of sp³-hybridized carbons (Fsp3) is 0.417. The number of amides is 1. The van der Waals surface area contributed by atoms with Crippen LogP contribution in [-0.4, -0.2) is 31.2 Å². The van der Waals surface area contributed by atoms with Crippen molar-refractivity contribution in [2.75, 3.05) is 20.2 Å². The molecule has 0 radical (unpaired) electrons. The van der Waals surface area contributed by atoms with E-state index in [-0.39, 0.29) is 6.09 Å². The molecule has 0 atom stereocenters. The number of fused-ring (bicyclic) bond motifs is 1. The van der Waals surface area contributed by atoms with Crippen LogP contribution >= 0.6 is 15.9 Å². The minimum Gasteiger partial charge on any atom is -0.453 e. The van der Waals surface area contributed by atoms with Crippen molar-refractivity contribution in [3.05, 3.63) is 33.8 Å². The molecule has 2 rings (SSSR count). The van der Waals surface area contributed by atoms with Crippen LogP contribution in [0.4, 0.5) is 4.79 Å². The predicted molar refractivity (Wildman–Crippen MR) is 65.5 cm³/mol. The average Bonchev–Trinajstić information content (AvgIpc) is 2.50. The summed E-state index contributed by atoms with van der Waals surface area (Å²) in [6.07, 6.45) is 1.56.